The summed E-state index contributed by atoms with van der Waals surface area (Å²) in [5, 5.41) is 48.6. The number of carbonyl (C=O) groups excluding carboxylic acids is 1. The number of aromatic hydroxyl groups is 3. The Bertz CT molecular complexity index is 1740. The van der Waals surface area contributed by atoms with E-state index in [-0.39, 0.29) is 68.0 Å². The minimum Gasteiger partial charge on any atom is -0.508 e. The van der Waals surface area contributed by atoms with Gasteiger partial charge >= 0.3 is 5.97 Å². The third-order valence-electron chi connectivity index (χ3n) is 15.4. The number of hydrogen-bond acceptors (Lipinski definition) is 6. The van der Waals surface area contributed by atoms with E-state index in [2.05, 4.69) is 41.5 Å². The number of rotatable bonds is 3. The zero-order valence-electron chi connectivity index (χ0n) is 31.5. The number of aliphatic hydroxyl groups excluding tert-OH is 1. The maximum Gasteiger partial charge on any atom is 0.309 e. The molecular weight excluding hydrogens is 640 g/mol. The molecule has 9 unspecified atom stereocenters. The Kier molecular flexibility index (Phi) is 9.14. The summed E-state index contributed by atoms with van der Waals surface area (Å²) in [4.78, 5) is 26.4. The highest BCUT2D eigenvalue weighted by atomic mass is 16.4. The molecule has 9 atom stereocenters. The van der Waals surface area contributed by atoms with Crippen LogP contribution in [0.2, 0.25) is 0 Å². The average Bonchev–Trinajstić information content (AvgIpc) is 3.04. The van der Waals surface area contributed by atoms with Gasteiger partial charge in [0, 0.05) is 12.0 Å². The van der Waals surface area contributed by atoms with Gasteiger partial charge in [0.15, 0.2) is 5.78 Å². The van der Waals surface area contributed by atoms with Crippen molar-refractivity contribution >= 4 is 23.9 Å². The first-order valence-corrected chi connectivity index (χ1v) is 18.9. The van der Waals surface area contributed by atoms with Crippen molar-refractivity contribution in [2.45, 2.75) is 112 Å². The second kappa shape index (κ2) is 12.5. The predicted molar refractivity (Wildman–Crippen MR) is 200 cm³/mol. The molecule has 2 aromatic rings. The zero-order valence-corrected chi connectivity index (χ0v) is 31.5. The van der Waals surface area contributed by atoms with Crippen molar-refractivity contribution in [3.8, 4) is 17.2 Å². The highest BCUT2D eigenvalue weighted by Crippen LogP contribution is 2.75. The van der Waals surface area contributed by atoms with Gasteiger partial charge in [-0.05, 0) is 145 Å². The van der Waals surface area contributed by atoms with Gasteiger partial charge in [0.1, 0.15) is 17.2 Å². The first-order chi connectivity index (χ1) is 23.7. The van der Waals surface area contributed by atoms with Gasteiger partial charge in [-0.1, -0.05) is 71.4 Å². The first-order valence-electron chi connectivity index (χ1n) is 18.9. The largest absolute Gasteiger partial charge is 0.508 e. The molecule has 0 radical (unpaired) electrons. The van der Waals surface area contributed by atoms with Crippen molar-refractivity contribution in [1.82, 2.24) is 0 Å². The topological polar surface area (TPSA) is 135 Å². The number of carboxylic acids is 1. The number of fused-ring (bicyclic) bond motifs is 7. The molecule has 0 bridgehead atoms. The maximum atomic E-state index is 14.2. The third-order valence-corrected chi connectivity index (χ3v) is 15.4. The number of benzene rings is 2. The minimum absolute atomic E-state index is 0.0235. The van der Waals surface area contributed by atoms with Crippen molar-refractivity contribution in [1.29, 1.82) is 0 Å². The molecule has 4 saturated carbocycles. The molecule has 2 aromatic carbocycles. The summed E-state index contributed by atoms with van der Waals surface area (Å²) in [7, 11) is 0. The van der Waals surface area contributed by atoms with Crippen LogP contribution in [-0.2, 0) is 9.59 Å². The summed E-state index contributed by atoms with van der Waals surface area (Å²) in [5.41, 5.74) is 1.77. The van der Waals surface area contributed by atoms with E-state index in [1.165, 1.54) is 11.6 Å². The molecule has 7 heteroatoms. The lowest BCUT2D eigenvalue weighted by atomic mass is 9.33. The van der Waals surface area contributed by atoms with Crippen LogP contribution in [-0.4, -0.2) is 43.4 Å². The van der Waals surface area contributed by atoms with E-state index >= 15 is 0 Å². The van der Waals surface area contributed by atoms with Gasteiger partial charge in [-0.25, -0.2) is 0 Å². The van der Waals surface area contributed by atoms with Crippen molar-refractivity contribution in [3.05, 3.63) is 65.2 Å². The Morgan fingerprint density at radius 3 is 1.98 bits per heavy atom. The van der Waals surface area contributed by atoms with Gasteiger partial charge in [0.2, 0.25) is 0 Å². The molecule has 0 spiro atoms. The van der Waals surface area contributed by atoms with Gasteiger partial charge in [-0.2, -0.15) is 0 Å². The van der Waals surface area contributed by atoms with E-state index in [0.29, 0.717) is 17.9 Å². The lowest BCUT2D eigenvalue weighted by molar-refractivity contribution is -0.202. The Morgan fingerprint density at radius 1 is 0.745 bits per heavy atom. The molecule has 0 amide bonds. The number of allylic oxidation sites excluding steroid dienone is 2. The fourth-order valence-electron chi connectivity index (χ4n) is 11.9. The highest BCUT2D eigenvalue weighted by molar-refractivity contribution is 5.95. The van der Waals surface area contributed by atoms with Crippen LogP contribution in [0.15, 0.2) is 54.1 Å². The normalized spacial score (nSPS) is 39.7. The van der Waals surface area contributed by atoms with Crippen LogP contribution in [0.3, 0.4) is 0 Å². The summed E-state index contributed by atoms with van der Waals surface area (Å²) in [5.74, 6) is 0.327. The molecule has 5 N–H and O–H groups in total. The second-order valence-electron chi connectivity index (χ2n) is 18.6. The smallest absolute Gasteiger partial charge is 0.309 e. The quantitative estimate of drug-likeness (QED) is 0.202. The molecule has 5 aliphatic carbocycles. The third kappa shape index (κ3) is 6.01. The molecule has 7 nitrogen and oxygen atoms in total. The fourth-order valence-corrected chi connectivity index (χ4v) is 11.9. The number of aliphatic carboxylic acids is 1. The molecule has 0 heterocycles. The van der Waals surface area contributed by atoms with Crippen LogP contribution in [0.4, 0.5) is 0 Å². The maximum absolute atomic E-state index is 14.2. The molecule has 7 rings (SSSR count). The summed E-state index contributed by atoms with van der Waals surface area (Å²) in [6, 6.07) is 11.1. The van der Waals surface area contributed by atoms with Crippen LogP contribution in [0.1, 0.15) is 117 Å². The van der Waals surface area contributed by atoms with Gasteiger partial charge < -0.3 is 25.5 Å². The van der Waals surface area contributed by atoms with Gasteiger partial charge in [-0.15, -0.1) is 0 Å². The monoisotopic (exact) mass is 698 g/mol. The zero-order chi connectivity index (χ0) is 37.4. The van der Waals surface area contributed by atoms with Crippen LogP contribution in [0.25, 0.3) is 12.2 Å². The molecular formula is C44H58O7. The number of ketones is 1. The summed E-state index contributed by atoms with van der Waals surface area (Å²) >= 11 is 0. The molecule has 51 heavy (non-hydrogen) atoms. The number of aliphatic hydroxyl groups is 1. The molecule has 276 valence electrons. The number of phenolic OH excluding ortho intramolecular Hbond substituents is 3. The second-order valence-corrected chi connectivity index (χ2v) is 18.6. The number of carboxylic acid groups (broad SMARTS) is 1. The molecule has 4 fully saturated rings. The highest BCUT2D eigenvalue weighted by Gasteiger charge is 2.70. The van der Waals surface area contributed by atoms with Crippen LogP contribution < -0.4 is 0 Å². The predicted octanol–water partition coefficient (Wildman–Crippen LogP) is 9.39. The lowest BCUT2D eigenvalue weighted by Gasteiger charge is -2.70. The summed E-state index contributed by atoms with van der Waals surface area (Å²) in [6.45, 7) is 15.8. The first kappa shape index (κ1) is 37.2. The fraction of sp³-hybridized carbons (Fsp3) is 0.591. The molecule has 0 saturated heterocycles. The van der Waals surface area contributed by atoms with Gasteiger partial charge in [0.05, 0.1) is 11.5 Å². The van der Waals surface area contributed by atoms with Crippen LogP contribution in [0, 0.1) is 50.2 Å². The molecule has 0 aliphatic heterocycles. The molecule has 0 aromatic heterocycles. The Morgan fingerprint density at radius 2 is 1.35 bits per heavy atom. The number of phenols is 3. The lowest BCUT2D eigenvalue weighted by Crippen LogP contribution is -2.66. The Hall–Kier alpha value is -3.58. The van der Waals surface area contributed by atoms with Gasteiger partial charge in [-0.3, -0.25) is 9.59 Å². The number of carbonyl (C=O) groups is 2. The van der Waals surface area contributed by atoms with Crippen molar-refractivity contribution in [2.75, 3.05) is 0 Å². The van der Waals surface area contributed by atoms with Gasteiger partial charge in [0.25, 0.3) is 0 Å². The summed E-state index contributed by atoms with van der Waals surface area (Å²) in [6.07, 6.45) is 13.5. The van der Waals surface area contributed by atoms with Crippen molar-refractivity contribution in [3.63, 3.8) is 0 Å². The van der Waals surface area contributed by atoms with Crippen molar-refractivity contribution < 1.29 is 35.1 Å². The Balaban J connectivity index is 0.000000221. The van der Waals surface area contributed by atoms with E-state index in [9.17, 15) is 30.0 Å². The van der Waals surface area contributed by atoms with E-state index < -0.39 is 11.4 Å². The van der Waals surface area contributed by atoms with Crippen molar-refractivity contribution in [2.24, 2.45) is 50.2 Å². The average molecular weight is 699 g/mol. The minimum atomic E-state index is -0.711. The Labute approximate surface area is 303 Å². The van der Waals surface area contributed by atoms with Crippen LogP contribution >= 0.6 is 0 Å². The van der Waals surface area contributed by atoms with E-state index in [0.717, 1.165) is 56.9 Å². The standard InChI is InChI=1S/C30H46O4.C14H12O3/c1-25(2)21-8-11-30(7)23(28(21,5)10-9-22(25)32)20(31)16-18-19-17-27(4,24(33)34)13-12-26(19,3)14-15-29(18,30)6;15-12-5-3-10(4-6-12)1-2-11-7-13(16)9-14(17)8-11/h16,19,21-23,32H,8-15,17H2,1-7H3,(H,33,34);1-9,15-17H. The van der Waals surface area contributed by atoms with E-state index in [4.69, 9.17) is 5.11 Å². The van der Waals surface area contributed by atoms with Crippen LogP contribution in [0.5, 0.6) is 17.2 Å². The SMILES string of the molecule is CC1(C(=O)O)CCC2(C)CCC3(C)C(=CC(=O)C4C5(C)CCC(O)C(C)(C)C5CCC43C)C2C1.Oc1ccc(C=Cc2cc(O)cc(O)c2)cc1. The van der Waals surface area contributed by atoms with E-state index in [1.807, 2.05) is 19.1 Å². The molecule has 5 aliphatic rings. The number of hydrogen-bond donors (Lipinski definition) is 5. The van der Waals surface area contributed by atoms with E-state index in [1.54, 1.807) is 42.5 Å². The summed E-state index contributed by atoms with van der Waals surface area (Å²) < 4.78 is 0.